The number of rotatable bonds is 7. The fourth-order valence-electron chi connectivity index (χ4n) is 3.57. The summed E-state index contributed by atoms with van der Waals surface area (Å²) in [5.41, 5.74) is 0.957. The molecule has 6 nitrogen and oxygen atoms in total. The van der Waals surface area contributed by atoms with Crippen LogP contribution >= 0.6 is 0 Å². The van der Waals surface area contributed by atoms with Gasteiger partial charge >= 0.3 is 0 Å². The first-order valence-corrected chi connectivity index (χ1v) is 9.25. The predicted molar refractivity (Wildman–Crippen MR) is 98.1 cm³/mol. The SMILES string of the molecule is COc1ccc(CN(C(=O)C2CC(=O)N(C(C)C)C2)C2CC2)c(OC)c1. The Morgan fingerprint density at radius 2 is 2.00 bits per heavy atom. The van der Waals surface area contributed by atoms with Crippen LogP contribution in [-0.2, 0) is 16.1 Å². The molecule has 1 saturated heterocycles. The largest absolute Gasteiger partial charge is 0.497 e. The zero-order valence-corrected chi connectivity index (χ0v) is 16.0. The fourth-order valence-corrected chi connectivity index (χ4v) is 3.57. The Morgan fingerprint density at radius 1 is 1.27 bits per heavy atom. The van der Waals surface area contributed by atoms with E-state index >= 15 is 0 Å². The van der Waals surface area contributed by atoms with Gasteiger partial charge in [-0.15, -0.1) is 0 Å². The lowest BCUT2D eigenvalue weighted by molar-refractivity contribution is -0.137. The van der Waals surface area contributed by atoms with E-state index < -0.39 is 0 Å². The van der Waals surface area contributed by atoms with Crippen LogP contribution in [0.4, 0.5) is 0 Å². The molecule has 0 aromatic heterocycles. The van der Waals surface area contributed by atoms with E-state index in [0.29, 0.717) is 25.3 Å². The van der Waals surface area contributed by atoms with Gasteiger partial charge in [0.1, 0.15) is 11.5 Å². The molecular weight excluding hydrogens is 332 g/mol. The zero-order valence-electron chi connectivity index (χ0n) is 16.0. The molecule has 2 amide bonds. The molecule has 0 spiro atoms. The minimum Gasteiger partial charge on any atom is -0.497 e. The van der Waals surface area contributed by atoms with E-state index in [-0.39, 0.29) is 29.8 Å². The maximum Gasteiger partial charge on any atom is 0.228 e. The molecule has 2 aliphatic rings. The second-order valence-electron chi connectivity index (χ2n) is 7.42. The molecule has 0 bridgehead atoms. The van der Waals surface area contributed by atoms with Crippen LogP contribution in [0.15, 0.2) is 18.2 Å². The molecule has 1 aromatic carbocycles. The van der Waals surface area contributed by atoms with Crippen molar-refractivity contribution in [3.8, 4) is 11.5 Å². The van der Waals surface area contributed by atoms with Crippen molar-refractivity contribution >= 4 is 11.8 Å². The normalized spacial score (nSPS) is 19.8. The molecule has 1 heterocycles. The maximum absolute atomic E-state index is 13.1. The number of benzene rings is 1. The van der Waals surface area contributed by atoms with Gasteiger partial charge < -0.3 is 19.3 Å². The molecule has 6 heteroatoms. The molecule has 1 atom stereocenters. The Morgan fingerprint density at radius 3 is 2.54 bits per heavy atom. The van der Waals surface area contributed by atoms with Crippen LogP contribution in [0.5, 0.6) is 11.5 Å². The molecule has 1 aromatic rings. The lowest BCUT2D eigenvalue weighted by atomic mass is 10.1. The number of hydrogen-bond donors (Lipinski definition) is 0. The molecule has 1 aliphatic heterocycles. The number of carbonyl (C=O) groups is 2. The number of ether oxygens (including phenoxy) is 2. The van der Waals surface area contributed by atoms with E-state index in [1.165, 1.54) is 0 Å². The second-order valence-corrected chi connectivity index (χ2v) is 7.42. The van der Waals surface area contributed by atoms with Crippen LogP contribution in [0.2, 0.25) is 0 Å². The average Bonchev–Trinajstić information content (AvgIpc) is 3.39. The highest BCUT2D eigenvalue weighted by Gasteiger charge is 2.41. The van der Waals surface area contributed by atoms with Crippen molar-refractivity contribution in [1.82, 2.24) is 9.80 Å². The highest BCUT2D eigenvalue weighted by atomic mass is 16.5. The van der Waals surface area contributed by atoms with Gasteiger partial charge in [0.05, 0.1) is 20.1 Å². The Bertz CT molecular complexity index is 684. The van der Waals surface area contributed by atoms with E-state index in [2.05, 4.69) is 0 Å². The Hall–Kier alpha value is -2.24. The lowest BCUT2D eigenvalue weighted by Crippen LogP contribution is -2.39. The summed E-state index contributed by atoms with van der Waals surface area (Å²) in [7, 11) is 3.24. The minimum atomic E-state index is -0.241. The third-order valence-corrected chi connectivity index (χ3v) is 5.24. The number of amides is 2. The van der Waals surface area contributed by atoms with Crippen molar-refractivity contribution in [2.75, 3.05) is 20.8 Å². The predicted octanol–water partition coefficient (Wildman–Crippen LogP) is 2.45. The molecule has 3 rings (SSSR count). The number of hydrogen-bond acceptors (Lipinski definition) is 4. The number of carbonyl (C=O) groups excluding carboxylic acids is 2. The topological polar surface area (TPSA) is 59.1 Å². The first-order valence-electron chi connectivity index (χ1n) is 9.25. The number of nitrogens with zero attached hydrogens (tertiary/aromatic N) is 2. The van der Waals surface area contributed by atoms with Crippen molar-refractivity contribution in [2.45, 2.75) is 51.7 Å². The Balaban J connectivity index is 1.76. The first-order chi connectivity index (χ1) is 12.4. The molecule has 1 saturated carbocycles. The third kappa shape index (κ3) is 3.79. The molecular formula is C20H28N2O4. The summed E-state index contributed by atoms with van der Waals surface area (Å²) in [5.74, 6) is 1.37. The second kappa shape index (κ2) is 7.56. The summed E-state index contributed by atoms with van der Waals surface area (Å²) in [6, 6.07) is 6.08. The van der Waals surface area contributed by atoms with Gasteiger partial charge in [0.2, 0.25) is 11.8 Å². The van der Waals surface area contributed by atoms with Crippen LogP contribution in [-0.4, -0.2) is 54.5 Å². The van der Waals surface area contributed by atoms with Gasteiger partial charge in [0.15, 0.2) is 0 Å². The highest BCUT2D eigenvalue weighted by molar-refractivity contribution is 5.89. The minimum absolute atomic E-state index is 0.0797. The Kier molecular flexibility index (Phi) is 5.39. The van der Waals surface area contributed by atoms with Crippen LogP contribution in [0.1, 0.15) is 38.7 Å². The summed E-state index contributed by atoms with van der Waals surface area (Å²) in [6.07, 6.45) is 2.37. The van der Waals surface area contributed by atoms with Crippen molar-refractivity contribution in [2.24, 2.45) is 5.92 Å². The summed E-state index contributed by atoms with van der Waals surface area (Å²) < 4.78 is 10.7. The average molecular weight is 360 g/mol. The molecule has 2 fully saturated rings. The van der Waals surface area contributed by atoms with Gasteiger partial charge in [-0.2, -0.15) is 0 Å². The van der Waals surface area contributed by atoms with Crippen LogP contribution < -0.4 is 9.47 Å². The van der Waals surface area contributed by atoms with E-state index in [1.807, 2.05) is 41.8 Å². The molecule has 1 aliphatic carbocycles. The quantitative estimate of drug-likeness (QED) is 0.749. The van der Waals surface area contributed by atoms with Crippen molar-refractivity contribution in [3.63, 3.8) is 0 Å². The third-order valence-electron chi connectivity index (χ3n) is 5.24. The van der Waals surface area contributed by atoms with Gasteiger partial charge in [-0.3, -0.25) is 9.59 Å². The molecule has 26 heavy (non-hydrogen) atoms. The standard InChI is InChI=1S/C20H28N2O4/c1-13(2)21-12-15(9-19(21)23)20(24)22(16-6-7-16)11-14-5-8-17(25-3)10-18(14)26-4/h5,8,10,13,15-16H,6-7,9,11-12H2,1-4H3. The van der Waals surface area contributed by atoms with Crippen LogP contribution in [0.3, 0.4) is 0 Å². The number of methoxy groups -OCH3 is 2. The van der Waals surface area contributed by atoms with Crippen LogP contribution in [0, 0.1) is 5.92 Å². The van der Waals surface area contributed by atoms with Gasteiger partial charge in [0.25, 0.3) is 0 Å². The van der Waals surface area contributed by atoms with Crippen molar-refractivity contribution < 1.29 is 19.1 Å². The fraction of sp³-hybridized carbons (Fsp3) is 0.600. The monoisotopic (exact) mass is 360 g/mol. The Labute approximate surface area is 155 Å². The van der Waals surface area contributed by atoms with Crippen LogP contribution in [0.25, 0.3) is 0 Å². The highest BCUT2D eigenvalue weighted by Crippen LogP contribution is 2.34. The van der Waals surface area contributed by atoms with Crippen molar-refractivity contribution in [1.29, 1.82) is 0 Å². The molecule has 0 radical (unpaired) electrons. The van der Waals surface area contributed by atoms with E-state index in [1.54, 1.807) is 14.2 Å². The smallest absolute Gasteiger partial charge is 0.228 e. The van der Waals surface area contributed by atoms with E-state index in [9.17, 15) is 9.59 Å². The molecule has 1 unspecified atom stereocenters. The van der Waals surface area contributed by atoms with E-state index in [4.69, 9.17) is 9.47 Å². The van der Waals surface area contributed by atoms with Gasteiger partial charge in [-0.05, 0) is 38.8 Å². The van der Waals surface area contributed by atoms with Gasteiger partial charge in [0, 0.05) is 43.2 Å². The maximum atomic E-state index is 13.1. The lowest BCUT2D eigenvalue weighted by Gasteiger charge is -2.27. The van der Waals surface area contributed by atoms with Gasteiger partial charge in [-0.1, -0.05) is 0 Å². The summed E-state index contributed by atoms with van der Waals surface area (Å²) >= 11 is 0. The van der Waals surface area contributed by atoms with E-state index in [0.717, 1.165) is 24.2 Å². The van der Waals surface area contributed by atoms with Gasteiger partial charge in [-0.25, -0.2) is 0 Å². The molecule has 142 valence electrons. The molecule has 0 N–H and O–H groups in total. The summed E-state index contributed by atoms with van der Waals surface area (Å²) in [5, 5.41) is 0. The zero-order chi connectivity index (χ0) is 18.8. The summed E-state index contributed by atoms with van der Waals surface area (Å²) in [6.45, 7) is 5.01. The first kappa shape index (κ1) is 18.5. The summed E-state index contributed by atoms with van der Waals surface area (Å²) in [4.78, 5) is 29.1. The number of likely N-dealkylation sites (tertiary alicyclic amines) is 1. The van der Waals surface area contributed by atoms with Crippen molar-refractivity contribution in [3.05, 3.63) is 23.8 Å².